The van der Waals surface area contributed by atoms with Gasteiger partial charge in [0, 0.05) is 53.8 Å². The number of aryl methyl sites for hydroxylation is 1. The molecule has 0 aliphatic carbocycles. The first-order valence-corrected chi connectivity index (χ1v) is 13.4. The third-order valence-electron chi connectivity index (χ3n) is 6.86. The van der Waals surface area contributed by atoms with Crippen LogP contribution < -0.4 is 10.2 Å². The van der Waals surface area contributed by atoms with Crippen LogP contribution in [-0.4, -0.2) is 50.1 Å². The first-order chi connectivity index (χ1) is 17.2. The highest BCUT2D eigenvalue weighted by Gasteiger charge is 2.19. The van der Waals surface area contributed by atoms with Crippen molar-refractivity contribution in [3.63, 3.8) is 0 Å². The molecule has 1 fully saturated rings. The van der Waals surface area contributed by atoms with Gasteiger partial charge >= 0.3 is 0 Å². The van der Waals surface area contributed by atoms with Crippen LogP contribution in [0.15, 0.2) is 78.2 Å². The Labute approximate surface area is 224 Å². The van der Waals surface area contributed by atoms with E-state index in [-0.39, 0.29) is 18.3 Å². The van der Waals surface area contributed by atoms with Gasteiger partial charge in [-0.2, -0.15) is 0 Å². The van der Waals surface area contributed by atoms with E-state index in [0.717, 1.165) is 63.2 Å². The molecule has 0 radical (unpaired) electrons. The predicted molar refractivity (Wildman–Crippen MR) is 156 cm³/mol. The van der Waals surface area contributed by atoms with Crippen molar-refractivity contribution in [1.82, 2.24) is 10.2 Å². The second-order valence-electron chi connectivity index (χ2n) is 9.36. The molecule has 5 rings (SSSR count). The van der Waals surface area contributed by atoms with Crippen LogP contribution in [0.25, 0.3) is 21.2 Å². The highest BCUT2D eigenvalue weighted by Crippen LogP contribution is 2.34. The Kier molecular flexibility index (Phi) is 9.03. The van der Waals surface area contributed by atoms with E-state index in [1.54, 1.807) is 0 Å². The second-order valence-corrected chi connectivity index (χ2v) is 10.3. The van der Waals surface area contributed by atoms with Crippen LogP contribution in [0.4, 0.5) is 5.69 Å². The zero-order chi connectivity index (χ0) is 24.0. The van der Waals surface area contributed by atoms with Gasteiger partial charge in [0.25, 0.3) is 5.91 Å². The number of unbranched alkanes of at least 4 members (excludes halogenated alkanes) is 1. The molecule has 0 bridgehead atoms. The van der Waals surface area contributed by atoms with Crippen molar-refractivity contribution in [2.75, 3.05) is 44.2 Å². The van der Waals surface area contributed by atoms with Crippen LogP contribution in [0.2, 0.25) is 0 Å². The van der Waals surface area contributed by atoms with Crippen LogP contribution in [0.1, 0.15) is 28.8 Å². The van der Waals surface area contributed by atoms with E-state index in [1.807, 2.05) is 53.8 Å². The van der Waals surface area contributed by atoms with E-state index in [1.165, 1.54) is 26.9 Å². The van der Waals surface area contributed by atoms with Crippen LogP contribution >= 0.6 is 23.7 Å². The highest BCUT2D eigenvalue weighted by molar-refractivity contribution is 7.17. The molecular weight excluding hydrogens is 486 g/mol. The molecule has 0 spiro atoms. The summed E-state index contributed by atoms with van der Waals surface area (Å²) in [7, 11) is 0. The fourth-order valence-electron chi connectivity index (χ4n) is 4.79. The molecule has 1 saturated heterocycles. The van der Waals surface area contributed by atoms with E-state index in [2.05, 4.69) is 57.8 Å². The largest absolute Gasteiger partial charge is 0.368 e. The van der Waals surface area contributed by atoms with E-state index >= 15 is 0 Å². The lowest BCUT2D eigenvalue weighted by Crippen LogP contribution is -2.46. The third kappa shape index (κ3) is 6.28. The van der Waals surface area contributed by atoms with Gasteiger partial charge in [0.05, 0.1) is 5.69 Å². The number of fused-ring (bicyclic) bond motifs is 1. The van der Waals surface area contributed by atoms with Gasteiger partial charge in [-0.1, -0.05) is 54.6 Å². The van der Waals surface area contributed by atoms with E-state index in [0.29, 0.717) is 0 Å². The van der Waals surface area contributed by atoms with Gasteiger partial charge in [0.1, 0.15) is 0 Å². The monoisotopic (exact) mass is 519 g/mol. The molecule has 3 aromatic carbocycles. The SMILES string of the molecule is Cc1ccc2c(N3CCN(CCCCNC(=O)c4ccc(-c5ccccc5)cc4)CC3)csc2c1.Cl. The maximum Gasteiger partial charge on any atom is 0.251 e. The Balaban J connectivity index is 0.00000304. The second kappa shape index (κ2) is 12.4. The molecule has 1 aliphatic rings. The zero-order valence-electron chi connectivity index (χ0n) is 20.8. The average Bonchev–Trinajstić information content (AvgIpc) is 3.32. The smallest absolute Gasteiger partial charge is 0.251 e. The van der Waals surface area contributed by atoms with Crippen molar-refractivity contribution in [2.45, 2.75) is 19.8 Å². The molecule has 188 valence electrons. The number of amides is 1. The van der Waals surface area contributed by atoms with E-state index in [4.69, 9.17) is 0 Å². The summed E-state index contributed by atoms with van der Waals surface area (Å²) in [6.45, 7) is 8.34. The van der Waals surface area contributed by atoms with Crippen LogP contribution in [0.3, 0.4) is 0 Å². The molecular formula is C30H34ClN3OS. The molecule has 1 amide bonds. The van der Waals surface area contributed by atoms with Crippen molar-refractivity contribution in [3.8, 4) is 11.1 Å². The van der Waals surface area contributed by atoms with Crippen molar-refractivity contribution in [1.29, 1.82) is 0 Å². The predicted octanol–water partition coefficient (Wildman–Crippen LogP) is 6.63. The summed E-state index contributed by atoms with van der Waals surface area (Å²) in [5.74, 6) is 0.0106. The highest BCUT2D eigenvalue weighted by atomic mass is 35.5. The summed E-state index contributed by atoms with van der Waals surface area (Å²) in [5.41, 5.74) is 5.73. The normalized spacial score (nSPS) is 14.0. The number of carbonyl (C=O) groups excluding carboxylic acids is 1. The number of rotatable bonds is 8. The van der Waals surface area contributed by atoms with Crippen molar-refractivity contribution >= 4 is 45.4 Å². The Morgan fingerprint density at radius 2 is 1.61 bits per heavy atom. The number of anilines is 1. The first kappa shape index (κ1) is 26.2. The standard InChI is InChI=1S/C30H33N3OS.ClH/c1-23-9-14-27-28(22-35-29(27)21-23)33-19-17-32(18-20-33)16-6-5-15-31-30(34)26-12-10-25(11-13-26)24-7-3-2-4-8-24;/h2-4,7-14,21-22H,5-6,15-20H2,1H3,(H,31,34);1H. The zero-order valence-corrected chi connectivity index (χ0v) is 22.4. The number of benzene rings is 3. The van der Waals surface area contributed by atoms with Gasteiger partial charge in [-0.3, -0.25) is 9.69 Å². The molecule has 1 aromatic heterocycles. The summed E-state index contributed by atoms with van der Waals surface area (Å²) in [4.78, 5) is 17.6. The molecule has 1 N–H and O–H groups in total. The molecule has 2 heterocycles. The van der Waals surface area contributed by atoms with Crippen LogP contribution in [0.5, 0.6) is 0 Å². The lowest BCUT2D eigenvalue weighted by Gasteiger charge is -2.35. The number of halogens is 1. The van der Waals surface area contributed by atoms with Crippen LogP contribution in [-0.2, 0) is 0 Å². The van der Waals surface area contributed by atoms with Gasteiger partial charge in [0.15, 0.2) is 0 Å². The number of hydrogen-bond acceptors (Lipinski definition) is 4. The number of thiophene rings is 1. The summed E-state index contributed by atoms with van der Waals surface area (Å²) < 4.78 is 1.39. The Morgan fingerprint density at radius 1 is 0.889 bits per heavy atom. The van der Waals surface area contributed by atoms with E-state index < -0.39 is 0 Å². The number of carbonyl (C=O) groups is 1. The lowest BCUT2D eigenvalue weighted by atomic mass is 10.0. The molecule has 6 heteroatoms. The maximum absolute atomic E-state index is 12.5. The van der Waals surface area contributed by atoms with Crippen LogP contribution in [0, 0.1) is 6.92 Å². The van der Waals surface area contributed by atoms with Gasteiger partial charge < -0.3 is 10.2 Å². The number of hydrogen-bond donors (Lipinski definition) is 1. The van der Waals surface area contributed by atoms with Gasteiger partial charge in [-0.25, -0.2) is 0 Å². The quantitative estimate of drug-likeness (QED) is 0.265. The Morgan fingerprint density at radius 3 is 2.36 bits per heavy atom. The maximum atomic E-state index is 12.5. The summed E-state index contributed by atoms with van der Waals surface area (Å²) in [6, 6.07) is 24.9. The fourth-order valence-corrected chi connectivity index (χ4v) is 5.86. The molecule has 0 atom stereocenters. The van der Waals surface area contributed by atoms with Crippen molar-refractivity contribution < 1.29 is 4.79 Å². The topological polar surface area (TPSA) is 35.6 Å². The Bertz CT molecular complexity index is 1260. The molecule has 36 heavy (non-hydrogen) atoms. The first-order valence-electron chi connectivity index (χ1n) is 12.6. The Hall–Kier alpha value is -2.86. The molecule has 1 aliphatic heterocycles. The van der Waals surface area contributed by atoms with Gasteiger partial charge in [-0.05, 0) is 61.2 Å². The average molecular weight is 520 g/mol. The molecule has 4 aromatic rings. The minimum atomic E-state index is 0. The number of nitrogens with one attached hydrogen (secondary N) is 1. The van der Waals surface area contributed by atoms with Crippen molar-refractivity contribution in [2.24, 2.45) is 0 Å². The fraction of sp³-hybridized carbons (Fsp3) is 0.300. The third-order valence-corrected chi connectivity index (χ3v) is 7.80. The minimum Gasteiger partial charge on any atom is -0.368 e. The molecule has 0 unspecified atom stereocenters. The van der Waals surface area contributed by atoms with E-state index in [9.17, 15) is 4.79 Å². The molecule has 0 saturated carbocycles. The summed E-state index contributed by atoms with van der Waals surface area (Å²) >= 11 is 1.85. The van der Waals surface area contributed by atoms with Gasteiger partial charge in [-0.15, -0.1) is 23.7 Å². The number of piperazine rings is 1. The number of nitrogens with zero attached hydrogens (tertiary/aromatic N) is 2. The summed E-state index contributed by atoms with van der Waals surface area (Å²) in [6.07, 6.45) is 2.11. The molecule has 4 nitrogen and oxygen atoms in total. The van der Waals surface area contributed by atoms with Crippen molar-refractivity contribution in [3.05, 3.63) is 89.3 Å². The minimum absolute atomic E-state index is 0. The summed E-state index contributed by atoms with van der Waals surface area (Å²) in [5, 5.41) is 6.78. The lowest BCUT2D eigenvalue weighted by molar-refractivity contribution is 0.0952. The van der Waals surface area contributed by atoms with Gasteiger partial charge in [0.2, 0.25) is 0 Å².